The van der Waals surface area contributed by atoms with E-state index < -0.39 is 0 Å². The zero-order valence-electron chi connectivity index (χ0n) is 20.1. The first kappa shape index (κ1) is 25.5. The van der Waals surface area contributed by atoms with Gasteiger partial charge in [0.05, 0.1) is 26.0 Å². The number of fused-ring (bicyclic) bond motifs is 1. The van der Waals surface area contributed by atoms with Crippen LogP contribution in [0.15, 0.2) is 53.9 Å². The van der Waals surface area contributed by atoms with Crippen LogP contribution in [-0.4, -0.2) is 47.1 Å². The van der Waals surface area contributed by atoms with Crippen LogP contribution in [0, 0.1) is 6.92 Å². The Bertz CT molecular complexity index is 1410. The number of carbonyl (C=O) groups is 2. The zero-order valence-corrected chi connectivity index (χ0v) is 20.9. The number of carbonyl (C=O) groups excluding carboxylic acids is 2. The molecule has 0 atom stereocenters. The molecule has 0 bridgehead atoms. The molecule has 0 aliphatic rings. The Morgan fingerprint density at radius 1 is 1.00 bits per heavy atom. The fraction of sp³-hybridized carbons (Fsp3) is 0.250. The van der Waals surface area contributed by atoms with Gasteiger partial charge in [-0.25, -0.2) is 4.98 Å². The summed E-state index contributed by atoms with van der Waals surface area (Å²) in [5.41, 5.74) is 3.91. The summed E-state index contributed by atoms with van der Waals surface area (Å²) in [4.78, 5) is 30.4. The number of thiophene rings is 1. The molecular formula is C28H27NO6S. The molecule has 4 rings (SSSR count). The molecule has 0 amide bonds. The topological polar surface area (TPSA) is 106 Å². The number of aryl methyl sites for hydroxylation is 1. The molecule has 8 heteroatoms. The number of aliphatic hydroxyl groups is 2. The van der Waals surface area contributed by atoms with Gasteiger partial charge in [0.25, 0.3) is 0 Å². The van der Waals surface area contributed by atoms with Gasteiger partial charge in [0, 0.05) is 39.4 Å². The predicted octanol–water partition coefficient (Wildman–Crippen LogP) is 4.99. The van der Waals surface area contributed by atoms with E-state index in [2.05, 4.69) is 18.0 Å². The van der Waals surface area contributed by atoms with Crippen molar-refractivity contribution in [2.45, 2.75) is 26.4 Å². The van der Waals surface area contributed by atoms with Crippen LogP contribution in [0.2, 0.25) is 0 Å². The van der Waals surface area contributed by atoms with Crippen molar-refractivity contribution in [1.29, 1.82) is 0 Å². The SMILES string of the molecule is COc1cc(C(=O)CCC(=O)c2cc(CO)cc(-c3csc4c(C)cccc34)n2)ccc1OCCO. The van der Waals surface area contributed by atoms with Crippen LogP contribution in [0.4, 0.5) is 0 Å². The molecular weight excluding hydrogens is 478 g/mol. The highest BCUT2D eigenvalue weighted by atomic mass is 32.1. The summed E-state index contributed by atoms with van der Waals surface area (Å²) in [5, 5.41) is 21.8. The average molecular weight is 506 g/mol. The van der Waals surface area contributed by atoms with Gasteiger partial charge >= 0.3 is 0 Å². The maximum absolute atomic E-state index is 13.0. The minimum Gasteiger partial charge on any atom is -0.493 e. The normalized spacial score (nSPS) is 11.0. The Balaban J connectivity index is 1.53. The van der Waals surface area contributed by atoms with Gasteiger partial charge in [0.1, 0.15) is 12.3 Å². The molecule has 2 heterocycles. The van der Waals surface area contributed by atoms with E-state index in [9.17, 15) is 14.7 Å². The number of ketones is 2. The molecule has 0 saturated carbocycles. The summed E-state index contributed by atoms with van der Waals surface area (Å²) in [6.45, 7) is 1.81. The van der Waals surface area contributed by atoms with Gasteiger partial charge in [-0.1, -0.05) is 18.2 Å². The molecule has 7 nitrogen and oxygen atoms in total. The molecule has 2 aromatic carbocycles. The van der Waals surface area contributed by atoms with Crippen molar-refractivity contribution < 1.29 is 29.3 Å². The first-order valence-electron chi connectivity index (χ1n) is 11.5. The number of ether oxygens (including phenoxy) is 2. The number of aliphatic hydroxyl groups excluding tert-OH is 2. The Kier molecular flexibility index (Phi) is 8.10. The summed E-state index contributed by atoms with van der Waals surface area (Å²) < 4.78 is 11.8. The Morgan fingerprint density at radius 2 is 1.81 bits per heavy atom. The number of methoxy groups -OCH3 is 1. The molecule has 0 saturated heterocycles. The molecule has 2 N–H and O–H groups in total. The van der Waals surface area contributed by atoms with E-state index in [4.69, 9.17) is 14.6 Å². The number of hydrogen-bond donors (Lipinski definition) is 2. The Hall–Kier alpha value is -3.59. The third-order valence-electron chi connectivity index (χ3n) is 5.84. The van der Waals surface area contributed by atoms with Gasteiger partial charge in [0.2, 0.25) is 0 Å². The van der Waals surface area contributed by atoms with Gasteiger partial charge in [-0.15, -0.1) is 11.3 Å². The van der Waals surface area contributed by atoms with Crippen LogP contribution in [0.1, 0.15) is 44.8 Å². The van der Waals surface area contributed by atoms with Gasteiger partial charge < -0.3 is 19.7 Å². The highest BCUT2D eigenvalue weighted by Gasteiger charge is 2.17. The number of Topliss-reactive ketones (excluding diaryl/α,β-unsaturated/α-hetero) is 2. The van der Waals surface area contributed by atoms with Gasteiger partial charge in [-0.05, 0) is 48.4 Å². The van der Waals surface area contributed by atoms with Crippen LogP contribution in [0.3, 0.4) is 0 Å². The number of hydrogen-bond acceptors (Lipinski definition) is 8. The zero-order chi connectivity index (χ0) is 25.7. The first-order chi connectivity index (χ1) is 17.4. The molecule has 0 fully saturated rings. The van der Waals surface area contributed by atoms with Crippen LogP contribution in [0.5, 0.6) is 11.5 Å². The van der Waals surface area contributed by atoms with Gasteiger partial charge in [0.15, 0.2) is 23.1 Å². The van der Waals surface area contributed by atoms with Crippen molar-refractivity contribution >= 4 is 33.0 Å². The summed E-state index contributed by atoms with van der Waals surface area (Å²) >= 11 is 1.62. The number of benzene rings is 2. The monoisotopic (exact) mass is 505 g/mol. The maximum atomic E-state index is 13.0. The largest absolute Gasteiger partial charge is 0.493 e. The van der Waals surface area contributed by atoms with E-state index in [1.54, 1.807) is 41.7 Å². The molecule has 186 valence electrons. The van der Waals surface area contributed by atoms with E-state index in [1.807, 2.05) is 17.5 Å². The van der Waals surface area contributed by atoms with Crippen LogP contribution in [-0.2, 0) is 6.61 Å². The fourth-order valence-corrected chi connectivity index (χ4v) is 5.02. The number of pyridine rings is 1. The molecule has 0 radical (unpaired) electrons. The van der Waals surface area contributed by atoms with Crippen LogP contribution < -0.4 is 9.47 Å². The molecule has 0 aliphatic carbocycles. The van der Waals surface area contributed by atoms with E-state index in [0.717, 1.165) is 15.6 Å². The van der Waals surface area contributed by atoms with Crippen LogP contribution in [0.25, 0.3) is 21.3 Å². The van der Waals surface area contributed by atoms with E-state index in [1.165, 1.54) is 12.7 Å². The van der Waals surface area contributed by atoms with Crippen molar-refractivity contribution in [3.63, 3.8) is 0 Å². The second-order valence-electron chi connectivity index (χ2n) is 8.29. The first-order valence-corrected chi connectivity index (χ1v) is 12.4. The number of aromatic nitrogens is 1. The maximum Gasteiger partial charge on any atom is 0.181 e. The minimum absolute atomic E-state index is 0.000224. The molecule has 0 aliphatic heterocycles. The fourth-order valence-electron chi connectivity index (χ4n) is 3.98. The quantitative estimate of drug-likeness (QED) is 0.277. The molecule has 4 aromatic rings. The highest BCUT2D eigenvalue weighted by molar-refractivity contribution is 7.18. The summed E-state index contributed by atoms with van der Waals surface area (Å²) in [5.74, 6) is 0.312. The summed E-state index contributed by atoms with van der Waals surface area (Å²) in [6, 6.07) is 14.2. The van der Waals surface area contributed by atoms with Crippen molar-refractivity contribution in [1.82, 2.24) is 4.98 Å². The summed E-state index contributed by atoms with van der Waals surface area (Å²) in [6.07, 6.45) is -0.0193. The number of rotatable bonds is 11. The van der Waals surface area contributed by atoms with Crippen molar-refractivity contribution in [2.24, 2.45) is 0 Å². The van der Waals surface area contributed by atoms with E-state index in [0.29, 0.717) is 28.3 Å². The Morgan fingerprint density at radius 3 is 2.56 bits per heavy atom. The third kappa shape index (κ3) is 5.46. The Labute approximate surface area is 213 Å². The second-order valence-corrected chi connectivity index (χ2v) is 9.17. The van der Waals surface area contributed by atoms with Crippen LogP contribution >= 0.6 is 11.3 Å². The van der Waals surface area contributed by atoms with Crippen molar-refractivity contribution in [3.8, 4) is 22.8 Å². The lowest BCUT2D eigenvalue weighted by Gasteiger charge is -2.11. The lowest BCUT2D eigenvalue weighted by molar-refractivity contribution is 0.0914. The number of nitrogens with zero attached hydrogens (tertiary/aromatic N) is 1. The molecule has 0 unspecified atom stereocenters. The summed E-state index contributed by atoms with van der Waals surface area (Å²) in [7, 11) is 1.47. The third-order valence-corrected chi connectivity index (χ3v) is 6.97. The lowest BCUT2D eigenvalue weighted by atomic mass is 10.0. The smallest absolute Gasteiger partial charge is 0.181 e. The van der Waals surface area contributed by atoms with Crippen molar-refractivity contribution in [2.75, 3.05) is 20.3 Å². The van der Waals surface area contributed by atoms with E-state index in [-0.39, 0.29) is 49.9 Å². The average Bonchev–Trinajstić information content (AvgIpc) is 3.35. The standard InChI is InChI=1S/C28H27NO6S/c1-17-4-3-5-20-21(16-36-28(17)20)22-12-18(15-31)13-23(29-22)25(33)8-7-24(32)19-6-9-26(35-11-10-30)27(14-19)34-2/h3-6,9,12-14,16,30-31H,7-8,10-11,15H2,1-2H3. The van der Waals surface area contributed by atoms with E-state index >= 15 is 0 Å². The predicted molar refractivity (Wildman–Crippen MR) is 139 cm³/mol. The lowest BCUT2D eigenvalue weighted by Crippen LogP contribution is -2.09. The van der Waals surface area contributed by atoms with Gasteiger partial charge in [-0.2, -0.15) is 0 Å². The molecule has 36 heavy (non-hydrogen) atoms. The van der Waals surface area contributed by atoms with Gasteiger partial charge in [-0.3, -0.25) is 9.59 Å². The molecule has 0 spiro atoms. The minimum atomic E-state index is -0.273. The highest BCUT2D eigenvalue weighted by Crippen LogP contribution is 2.35. The van der Waals surface area contributed by atoms with Crippen molar-refractivity contribution in [3.05, 3.63) is 76.3 Å². The molecule has 2 aromatic heterocycles. The second kappa shape index (κ2) is 11.4.